The number of carbonyl (C=O) groups is 1. The summed E-state index contributed by atoms with van der Waals surface area (Å²) in [6.07, 6.45) is -1.48. The molecule has 0 fully saturated rings. The zero-order valence-electron chi connectivity index (χ0n) is 17.5. The van der Waals surface area contributed by atoms with E-state index in [1.807, 2.05) is 37.7 Å². The number of aromatic nitrogens is 1. The average Bonchev–Trinajstić information content (AvgIpc) is 2.66. The van der Waals surface area contributed by atoms with Gasteiger partial charge in [-0.2, -0.15) is 13.2 Å². The Bertz CT molecular complexity index is 940. The van der Waals surface area contributed by atoms with Gasteiger partial charge in [0.25, 0.3) is 0 Å². The minimum Gasteiger partial charge on any atom is -0.362 e. The van der Waals surface area contributed by atoms with Crippen LogP contribution in [-0.4, -0.2) is 36.4 Å². The summed E-state index contributed by atoms with van der Waals surface area (Å²) in [5, 5.41) is 0. The number of pyridine rings is 1. The molecule has 0 spiro atoms. The van der Waals surface area contributed by atoms with Crippen LogP contribution in [0.3, 0.4) is 0 Å². The van der Waals surface area contributed by atoms with Crippen molar-refractivity contribution in [1.29, 1.82) is 0 Å². The summed E-state index contributed by atoms with van der Waals surface area (Å²) in [5.74, 6) is 0.823. The number of hydrogen-bond donors (Lipinski definition) is 0. The third-order valence-electron chi connectivity index (χ3n) is 5.42. The van der Waals surface area contributed by atoms with Crippen molar-refractivity contribution in [2.45, 2.75) is 39.4 Å². The van der Waals surface area contributed by atoms with Crippen LogP contribution in [0.1, 0.15) is 36.1 Å². The molecule has 0 unspecified atom stereocenters. The van der Waals surface area contributed by atoms with E-state index < -0.39 is 17.2 Å². The predicted octanol–water partition coefficient (Wildman–Crippen LogP) is 5.08. The van der Waals surface area contributed by atoms with Gasteiger partial charge in [0.1, 0.15) is 5.82 Å². The van der Waals surface area contributed by atoms with Crippen LogP contribution < -0.4 is 4.90 Å². The number of alkyl halides is 3. The van der Waals surface area contributed by atoms with Gasteiger partial charge < -0.3 is 9.80 Å². The number of carbonyl (C=O) groups excluding carboxylic acids is 1. The molecule has 0 saturated carbocycles. The Kier molecular flexibility index (Phi) is 6.18. The fourth-order valence-electron chi connectivity index (χ4n) is 3.89. The largest absolute Gasteiger partial charge is 0.416 e. The highest BCUT2D eigenvalue weighted by molar-refractivity contribution is 9.10. The molecule has 0 saturated heterocycles. The summed E-state index contributed by atoms with van der Waals surface area (Å²) >= 11 is 3.56. The van der Waals surface area contributed by atoms with Gasteiger partial charge in [0.15, 0.2) is 0 Å². The minimum absolute atomic E-state index is 0.0160. The van der Waals surface area contributed by atoms with Gasteiger partial charge in [0.05, 0.1) is 5.56 Å². The van der Waals surface area contributed by atoms with Gasteiger partial charge in [-0.05, 0) is 52.0 Å². The molecule has 0 N–H and O–H groups in total. The van der Waals surface area contributed by atoms with Gasteiger partial charge in [-0.1, -0.05) is 26.0 Å². The Labute approximate surface area is 183 Å². The summed E-state index contributed by atoms with van der Waals surface area (Å²) in [4.78, 5) is 21.6. The van der Waals surface area contributed by atoms with Gasteiger partial charge in [-0.15, -0.1) is 0 Å². The summed E-state index contributed by atoms with van der Waals surface area (Å²) < 4.78 is 39.3. The van der Waals surface area contributed by atoms with Crippen molar-refractivity contribution in [3.8, 4) is 0 Å². The number of nitrogens with zero attached hydrogens (tertiary/aromatic N) is 3. The molecule has 1 aromatic heterocycles. The summed E-state index contributed by atoms with van der Waals surface area (Å²) in [6.45, 7) is 4.74. The van der Waals surface area contributed by atoms with Crippen LogP contribution in [0.15, 0.2) is 34.9 Å². The second-order valence-electron chi connectivity index (χ2n) is 8.51. The van der Waals surface area contributed by atoms with Crippen LogP contribution in [-0.2, 0) is 30.4 Å². The molecule has 1 aromatic carbocycles. The highest BCUT2D eigenvalue weighted by Crippen LogP contribution is 2.35. The van der Waals surface area contributed by atoms with Crippen LogP contribution in [0.25, 0.3) is 0 Å². The quantitative estimate of drug-likeness (QED) is 0.608. The third kappa shape index (κ3) is 4.63. The zero-order valence-corrected chi connectivity index (χ0v) is 19.1. The van der Waals surface area contributed by atoms with Crippen molar-refractivity contribution >= 4 is 27.7 Å². The van der Waals surface area contributed by atoms with Crippen molar-refractivity contribution in [3.05, 3.63) is 57.2 Å². The molecule has 1 amide bonds. The summed E-state index contributed by atoms with van der Waals surface area (Å²) in [6, 6.07) is 5.04. The Morgan fingerprint density at radius 3 is 2.37 bits per heavy atom. The van der Waals surface area contributed by atoms with Gasteiger partial charge in [0.2, 0.25) is 5.91 Å². The van der Waals surface area contributed by atoms with E-state index in [1.165, 1.54) is 17.7 Å². The lowest BCUT2D eigenvalue weighted by Crippen LogP contribution is -2.45. The van der Waals surface area contributed by atoms with Crippen molar-refractivity contribution in [2.75, 3.05) is 25.5 Å². The van der Waals surface area contributed by atoms with Crippen molar-refractivity contribution < 1.29 is 18.0 Å². The summed E-state index contributed by atoms with van der Waals surface area (Å²) in [5.41, 5.74) is 1.47. The Morgan fingerprint density at radius 2 is 1.80 bits per heavy atom. The number of benzene rings is 1. The zero-order chi connectivity index (χ0) is 22.3. The molecule has 30 heavy (non-hydrogen) atoms. The highest BCUT2D eigenvalue weighted by atomic mass is 79.9. The molecule has 3 rings (SSSR count). The molecule has 0 radical (unpaired) electrons. The lowest BCUT2D eigenvalue weighted by atomic mass is 9.83. The Hall–Kier alpha value is -2.09. The lowest BCUT2D eigenvalue weighted by molar-refractivity contribution is -0.141. The highest BCUT2D eigenvalue weighted by Gasteiger charge is 2.36. The van der Waals surface area contributed by atoms with Gasteiger partial charge in [-0.25, -0.2) is 4.98 Å². The molecular weight excluding hydrogens is 459 g/mol. The molecule has 0 bridgehead atoms. The van der Waals surface area contributed by atoms with Crippen LogP contribution in [0.5, 0.6) is 0 Å². The van der Waals surface area contributed by atoms with Crippen LogP contribution >= 0.6 is 15.9 Å². The first kappa shape index (κ1) is 22.6. The van der Waals surface area contributed by atoms with E-state index in [1.54, 1.807) is 6.20 Å². The number of halogens is 4. The molecule has 4 nitrogen and oxygen atoms in total. The van der Waals surface area contributed by atoms with Gasteiger partial charge in [0, 0.05) is 48.8 Å². The van der Waals surface area contributed by atoms with E-state index in [4.69, 9.17) is 0 Å². The normalized spacial score (nSPS) is 14.5. The second-order valence-corrected chi connectivity index (χ2v) is 9.37. The summed E-state index contributed by atoms with van der Waals surface area (Å²) in [7, 11) is 3.84. The van der Waals surface area contributed by atoms with Crippen molar-refractivity contribution in [1.82, 2.24) is 9.88 Å². The average molecular weight is 484 g/mol. The predicted molar refractivity (Wildman–Crippen MR) is 114 cm³/mol. The lowest BCUT2D eigenvalue weighted by Gasteiger charge is -2.36. The first-order valence-electron chi connectivity index (χ1n) is 9.69. The van der Waals surface area contributed by atoms with E-state index in [-0.39, 0.29) is 5.91 Å². The molecule has 0 atom stereocenters. The molecule has 2 heterocycles. The molecule has 0 aliphatic carbocycles. The van der Waals surface area contributed by atoms with E-state index in [2.05, 4.69) is 20.9 Å². The monoisotopic (exact) mass is 483 g/mol. The smallest absolute Gasteiger partial charge is 0.362 e. The van der Waals surface area contributed by atoms with E-state index >= 15 is 0 Å². The second kappa shape index (κ2) is 8.21. The maximum absolute atomic E-state index is 13.3. The first-order chi connectivity index (χ1) is 13.9. The standard InChI is InChI=1S/C22H25BrF3N3O/c1-21(2,11-14-5-7-15(8-6-14)22(24,25)26)20(30)29-10-9-16-17(13-29)19(28(3)4)27-12-18(16)23/h5-8,12H,9-11,13H2,1-4H3. The van der Waals surface area contributed by atoms with E-state index in [0.29, 0.717) is 25.1 Å². The van der Waals surface area contributed by atoms with Crippen LogP contribution in [0.2, 0.25) is 0 Å². The molecule has 1 aliphatic heterocycles. The van der Waals surface area contributed by atoms with E-state index in [0.717, 1.165) is 34.4 Å². The Morgan fingerprint density at radius 1 is 1.17 bits per heavy atom. The van der Waals surface area contributed by atoms with Crippen LogP contribution in [0.4, 0.5) is 19.0 Å². The van der Waals surface area contributed by atoms with Crippen molar-refractivity contribution in [2.24, 2.45) is 5.41 Å². The molecule has 8 heteroatoms. The topological polar surface area (TPSA) is 36.4 Å². The fraction of sp³-hybridized carbons (Fsp3) is 0.455. The van der Waals surface area contributed by atoms with Gasteiger partial charge in [-0.3, -0.25) is 4.79 Å². The number of amides is 1. The molecule has 162 valence electrons. The number of fused-ring (bicyclic) bond motifs is 1. The molecule has 2 aromatic rings. The molecular formula is C22H25BrF3N3O. The fourth-order valence-corrected chi connectivity index (χ4v) is 4.43. The number of rotatable bonds is 4. The van der Waals surface area contributed by atoms with E-state index in [9.17, 15) is 18.0 Å². The SMILES string of the molecule is CN(C)c1ncc(Br)c2c1CN(C(=O)C(C)(C)Cc1ccc(C(F)(F)F)cc1)CC2. The minimum atomic E-state index is -4.36. The molecule has 1 aliphatic rings. The third-order valence-corrected chi connectivity index (χ3v) is 6.10. The number of anilines is 1. The maximum atomic E-state index is 13.3. The maximum Gasteiger partial charge on any atom is 0.416 e. The Balaban J connectivity index is 1.79. The van der Waals surface area contributed by atoms with Crippen LogP contribution in [0, 0.1) is 5.41 Å². The van der Waals surface area contributed by atoms with Gasteiger partial charge >= 0.3 is 6.18 Å². The van der Waals surface area contributed by atoms with Crippen molar-refractivity contribution in [3.63, 3.8) is 0 Å². The number of hydrogen-bond acceptors (Lipinski definition) is 3. The first-order valence-corrected chi connectivity index (χ1v) is 10.5.